The minimum Gasteiger partial charge on any atom is -0.291 e. The molecule has 0 unspecified atom stereocenters. The molecule has 150 valence electrons. The van der Waals surface area contributed by atoms with E-state index in [-0.39, 0.29) is 24.1 Å². The first kappa shape index (κ1) is 20.5. The van der Waals surface area contributed by atoms with Crippen LogP contribution in [0.15, 0.2) is 34.3 Å². The van der Waals surface area contributed by atoms with Crippen molar-refractivity contribution in [3.05, 3.63) is 34.2 Å². The van der Waals surface area contributed by atoms with E-state index in [1.54, 1.807) is 18.3 Å². The maximum atomic E-state index is 12.9. The normalized spacial score (nSPS) is 17.1. The van der Waals surface area contributed by atoms with Crippen molar-refractivity contribution >= 4 is 35.1 Å². The third kappa shape index (κ3) is 5.86. The first-order valence-corrected chi connectivity index (χ1v) is 10.9. The van der Waals surface area contributed by atoms with Crippen LogP contribution in [0.1, 0.15) is 67.5 Å². The minimum atomic E-state index is -0.354. The number of hydrogen-bond donors (Lipinski definition) is 1. The number of nitrogens with zero attached hydrogens (tertiary/aromatic N) is 2. The summed E-state index contributed by atoms with van der Waals surface area (Å²) in [7, 11) is 0. The van der Waals surface area contributed by atoms with Gasteiger partial charge in [-0.25, -0.2) is 5.01 Å². The highest BCUT2D eigenvalue weighted by Gasteiger charge is 2.25. The molecule has 2 heterocycles. The van der Waals surface area contributed by atoms with E-state index in [0.29, 0.717) is 35.6 Å². The number of aliphatic imine (C=N–C) groups is 1. The first-order chi connectivity index (χ1) is 13.6. The van der Waals surface area contributed by atoms with Crippen LogP contribution in [0.4, 0.5) is 0 Å². The van der Waals surface area contributed by atoms with Gasteiger partial charge in [0.1, 0.15) is 6.54 Å². The largest absolute Gasteiger partial charge is 0.291 e. The summed E-state index contributed by atoms with van der Waals surface area (Å²) >= 11 is 1.33. The van der Waals surface area contributed by atoms with E-state index in [1.165, 1.54) is 49.6 Å². The first-order valence-electron chi connectivity index (χ1n) is 10.0. The number of Topliss-reactive ketones (excluding diaryl/α,β-unsaturated/α-hetero) is 1. The van der Waals surface area contributed by atoms with E-state index >= 15 is 0 Å². The van der Waals surface area contributed by atoms with Gasteiger partial charge in [0, 0.05) is 24.4 Å². The third-order valence-electron chi connectivity index (χ3n) is 5.26. The van der Waals surface area contributed by atoms with Crippen molar-refractivity contribution in [2.75, 3.05) is 6.54 Å². The van der Waals surface area contributed by atoms with Crippen molar-refractivity contribution in [3.63, 3.8) is 0 Å². The van der Waals surface area contributed by atoms with Gasteiger partial charge in [-0.05, 0) is 36.6 Å². The van der Waals surface area contributed by atoms with E-state index in [0.717, 1.165) is 11.4 Å². The van der Waals surface area contributed by atoms with Crippen LogP contribution in [0.2, 0.25) is 0 Å². The molecule has 0 aromatic carbocycles. The summed E-state index contributed by atoms with van der Waals surface area (Å²) in [6.45, 7) is -0.171. The number of carbonyl (C=O) groups excluding carboxylic acids is 3. The Hall–Kier alpha value is -2.28. The predicted molar refractivity (Wildman–Crippen MR) is 110 cm³/mol. The standard InChI is InChI=1S/C21H27N3O3S/c25-18(19-9-5-13-28-19)15-24(21(27)17-8-4-12-22-14-17)23-20(26)11-10-16-6-2-1-3-7-16/h5,9,12-14,16H,1-4,6-8,10-11,15H2,(H,23,26). The topological polar surface area (TPSA) is 78.8 Å². The zero-order chi connectivity index (χ0) is 19.8. The molecule has 1 aromatic heterocycles. The third-order valence-corrected chi connectivity index (χ3v) is 6.17. The monoisotopic (exact) mass is 401 g/mol. The average Bonchev–Trinajstić information content (AvgIpc) is 3.28. The van der Waals surface area contributed by atoms with Gasteiger partial charge in [0.2, 0.25) is 5.91 Å². The highest BCUT2D eigenvalue weighted by atomic mass is 32.1. The molecule has 7 heteroatoms. The van der Waals surface area contributed by atoms with Gasteiger partial charge in [-0.15, -0.1) is 11.3 Å². The number of hydrazine groups is 1. The van der Waals surface area contributed by atoms with Crippen LogP contribution < -0.4 is 5.43 Å². The lowest BCUT2D eigenvalue weighted by Gasteiger charge is -2.25. The number of carbonyl (C=O) groups is 3. The van der Waals surface area contributed by atoms with Crippen LogP contribution in [0, 0.1) is 5.92 Å². The number of hydrogen-bond acceptors (Lipinski definition) is 5. The molecule has 1 saturated carbocycles. The summed E-state index contributed by atoms with van der Waals surface area (Å²) in [5, 5.41) is 2.98. The smallest absolute Gasteiger partial charge is 0.270 e. The van der Waals surface area contributed by atoms with E-state index in [4.69, 9.17) is 0 Å². The van der Waals surface area contributed by atoms with Crippen LogP contribution in [-0.2, 0) is 9.59 Å². The van der Waals surface area contributed by atoms with Crippen LogP contribution in [-0.4, -0.2) is 35.4 Å². The number of rotatable bonds is 7. The van der Waals surface area contributed by atoms with E-state index in [1.807, 2.05) is 5.38 Å². The SMILES string of the molecule is O=C(CCC1CCCCC1)NN(CC(=O)c1cccs1)C(=O)C1=CN=CCC1. The van der Waals surface area contributed by atoms with E-state index in [2.05, 4.69) is 10.4 Å². The second-order valence-electron chi connectivity index (χ2n) is 7.39. The summed E-state index contributed by atoms with van der Waals surface area (Å²) in [4.78, 5) is 42.5. The van der Waals surface area contributed by atoms with Crippen molar-refractivity contribution in [2.45, 2.75) is 57.8 Å². The summed E-state index contributed by atoms with van der Waals surface area (Å²) in [5.41, 5.74) is 3.19. The molecule has 28 heavy (non-hydrogen) atoms. The summed E-state index contributed by atoms with van der Waals surface area (Å²) in [6, 6.07) is 3.52. The number of amides is 2. The Morgan fingerprint density at radius 2 is 2.04 bits per heavy atom. The highest BCUT2D eigenvalue weighted by Crippen LogP contribution is 2.27. The molecule has 2 amide bonds. The lowest BCUT2D eigenvalue weighted by molar-refractivity contribution is -0.138. The zero-order valence-electron chi connectivity index (χ0n) is 16.1. The molecule has 1 N–H and O–H groups in total. The van der Waals surface area contributed by atoms with Crippen molar-refractivity contribution in [2.24, 2.45) is 10.9 Å². The molecule has 2 aliphatic rings. The van der Waals surface area contributed by atoms with Gasteiger partial charge in [-0.1, -0.05) is 38.2 Å². The average molecular weight is 402 g/mol. The maximum absolute atomic E-state index is 12.9. The molecule has 1 aromatic rings. The van der Waals surface area contributed by atoms with Gasteiger partial charge < -0.3 is 0 Å². The second-order valence-corrected chi connectivity index (χ2v) is 8.34. The molecule has 0 spiro atoms. The minimum absolute atomic E-state index is 0.171. The Bertz CT molecular complexity index is 749. The molecule has 0 bridgehead atoms. The van der Waals surface area contributed by atoms with Crippen LogP contribution >= 0.6 is 11.3 Å². The summed E-state index contributed by atoms with van der Waals surface area (Å²) in [6.07, 6.45) is 11.8. The predicted octanol–water partition coefficient (Wildman–Crippen LogP) is 3.90. The molecule has 6 nitrogen and oxygen atoms in total. The van der Waals surface area contributed by atoms with Crippen LogP contribution in [0.25, 0.3) is 0 Å². The highest BCUT2D eigenvalue weighted by molar-refractivity contribution is 7.12. The number of thiophene rings is 1. The Morgan fingerprint density at radius 1 is 1.21 bits per heavy atom. The molecule has 1 fully saturated rings. The van der Waals surface area contributed by atoms with Crippen molar-refractivity contribution in [3.8, 4) is 0 Å². The fourth-order valence-electron chi connectivity index (χ4n) is 3.68. The molecule has 0 atom stereocenters. The summed E-state index contributed by atoms with van der Waals surface area (Å²) < 4.78 is 0. The van der Waals surface area contributed by atoms with Crippen LogP contribution in [0.3, 0.4) is 0 Å². The molecule has 3 rings (SSSR count). The number of ketones is 1. The maximum Gasteiger partial charge on any atom is 0.270 e. The zero-order valence-corrected chi connectivity index (χ0v) is 16.9. The van der Waals surface area contributed by atoms with Gasteiger partial charge in [-0.2, -0.15) is 0 Å². The van der Waals surface area contributed by atoms with Gasteiger partial charge in [0.25, 0.3) is 5.91 Å². The second kappa shape index (κ2) is 10.3. The van der Waals surface area contributed by atoms with Crippen molar-refractivity contribution in [1.29, 1.82) is 0 Å². The van der Waals surface area contributed by atoms with E-state index < -0.39 is 0 Å². The lowest BCUT2D eigenvalue weighted by Crippen LogP contribution is -2.49. The van der Waals surface area contributed by atoms with Crippen LogP contribution in [0.5, 0.6) is 0 Å². The molecule has 1 aliphatic carbocycles. The Kier molecular flexibility index (Phi) is 7.54. The number of nitrogens with one attached hydrogen (secondary N) is 1. The van der Waals surface area contributed by atoms with Gasteiger partial charge in [0.15, 0.2) is 5.78 Å². The molecule has 1 aliphatic heterocycles. The van der Waals surface area contributed by atoms with Gasteiger partial charge in [0.05, 0.1) is 4.88 Å². The fraction of sp³-hybridized carbons (Fsp3) is 0.524. The van der Waals surface area contributed by atoms with E-state index in [9.17, 15) is 14.4 Å². The van der Waals surface area contributed by atoms with Gasteiger partial charge >= 0.3 is 0 Å². The fourth-order valence-corrected chi connectivity index (χ4v) is 4.33. The molecule has 0 radical (unpaired) electrons. The molecular weight excluding hydrogens is 374 g/mol. The summed E-state index contributed by atoms with van der Waals surface area (Å²) in [5.74, 6) is -0.159. The molecule has 0 saturated heterocycles. The lowest BCUT2D eigenvalue weighted by atomic mass is 9.86. The Morgan fingerprint density at radius 3 is 2.71 bits per heavy atom. The Labute approximate surface area is 169 Å². The van der Waals surface area contributed by atoms with Gasteiger partial charge in [-0.3, -0.25) is 24.8 Å². The van der Waals surface area contributed by atoms with Crippen molar-refractivity contribution in [1.82, 2.24) is 10.4 Å². The Balaban J connectivity index is 1.61. The quantitative estimate of drug-likeness (QED) is 0.556. The van der Waals surface area contributed by atoms with Crippen molar-refractivity contribution < 1.29 is 14.4 Å². The molecular formula is C21H27N3O3S.